The lowest BCUT2D eigenvalue weighted by atomic mass is 10.0. The molecule has 0 saturated heterocycles. The molecular weight excluding hydrogens is 341 g/mol. The first kappa shape index (κ1) is 18.6. The fourth-order valence-electron chi connectivity index (χ4n) is 1.53. The van der Waals surface area contributed by atoms with Crippen LogP contribution in [0.25, 0.3) is 0 Å². The summed E-state index contributed by atoms with van der Waals surface area (Å²) in [6.07, 6.45) is -13.1. The molecule has 23 heavy (non-hydrogen) atoms. The number of nitro groups is 1. The highest BCUT2D eigenvalue weighted by molar-refractivity contribution is 5.99. The minimum atomic E-state index is -6.54. The van der Waals surface area contributed by atoms with E-state index in [0.717, 1.165) is 24.4 Å². The Labute approximate surface area is 123 Å². The van der Waals surface area contributed by atoms with E-state index >= 15 is 0 Å². The number of rotatable bonds is 3. The molecule has 128 valence electrons. The number of non-ortho nitro benzene ring substituents is 1. The molecule has 1 N–H and O–H groups in total. The Balaban J connectivity index is 3.22. The lowest BCUT2D eigenvalue weighted by Crippen LogP contribution is -2.61. The number of hydrogen-bond acceptors (Lipinski definition) is 3. The van der Waals surface area contributed by atoms with E-state index in [1.54, 1.807) is 0 Å². The summed E-state index contributed by atoms with van der Waals surface area (Å²) >= 11 is 0. The van der Waals surface area contributed by atoms with E-state index in [4.69, 9.17) is 0 Å². The molecule has 0 saturated carbocycles. The average molecular weight is 348 g/mol. The number of anilines is 1. The Morgan fingerprint density at radius 3 is 1.91 bits per heavy atom. The van der Waals surface area contributed by atoms with E-state index in [1.807, 2.05) is 0 Å². The van der Waals surface area contributed by atoms with Gasteiger partial charge < -0.3 is 5.32 Å². The van der Waals surface area contributed by atoms with Crippen molar-refractivity contribution < 1.29 is 40.5 Å². The molecule has 0 aliphatic carbocycles. The number of aryl methyl sites for hydroxylation is 1. The van der Waals surface area contributed by atoms with E-state index in [2.05, 4.69) is 0 Å². The van der Waals surface area contributed by atoms with E-state index < -0.39 is 40.2 Å². The summed E-state index contributed by atoms with van der Waals surface area (Å²) in [5.41, 5.74) is -7.48. The molecule has 1 aromatic rings. The zero-order valence-electron chi connectivity index (χ0n) is 11.0. The number of nitrogens with one attached hydrogen (secondary N) is 1. The third kappa shape index (κ3) is 3.35. The van der Waals surface area contributed by atoms with Crippen molar-refractivity contribution in [3.05, 3.63) is 33.9 Å². The summed E-state index contributed by atoms with van der Waals surface area (Å²) in [6.45, 7) is 1.07. The lowest BCUT2D eigenvalue weighted by molar-refractivity contribution is -0.384. The van der Waals surface area contributed by atoms with Crippen LogP contribution in [-0.2, 0) is 4.79 Å². The molecule has 0 bridgehead atoms. The maximum atomic E-state index is 13.5. The number of benzene rings is 1. The number of carbonyl (C=O) groups excluding carboxylic acids is 1. The Hall–Kier alpha value is -2.40. The highest BCUT2D eigenvalue weighted by atomic mass is 19.4. The van der Waals surface area contributed by atoms with Gasteiger partial charge in [0.15, 0.2) is 0 Å². The maximum Gasteiger partial charge on any atom is 0.441 e. The van der Waals surface area contributed by atoms with Gasteiger partial charge in [-0.3, -0.25) is 14.9 Å². The van der Waals surface area contributed by atoms with Crippen LogP contribution in [-0.4, -0.2) is 28.9 Å². The molecule has 0 aliphatic rings. The Morgan fingerprint density at radius 2 is 1.57 bits per heavy atom. The van der Waals surface area contributed by atoms with Crippen molar-refractivity contribution in [2.75, 3.05) is 5.32 Å². The Kier molecular flexibility index (Phi) is 4.59. The molecule has 0 radical (unpaired) electrons. The fourth-order valence-corrected chi connectivity index (χ4v) is 1.53. The number of alkyl halides is 7. The van der Waals surface area contributed by atoms with Gasteiger partial charge in [0.25, 0.3) is 11.6 Å². The number of hydrogen-bond donors (Lipinski definition) is 1. The summed E-state index contributed by atoms with van der Waals surface area (Å²) in [5.74, 6) is -2.99. The quantitative estimate of drug-likeness (QED) is 0.515. The Morgan fingerprint density at radius 1 is 1.09 bits per heavy atom. The van der Waals surface area contributed by atoms with Crippen molar-refractivity contribution in [1.82, 2.24) is 0 Å². The molecule has 0 atom stereocenters. The zero-order valence-corrected chi connectivity index (χ0v) is 11.0. The van der Waals surface area contributed by atoms with Crippen LogP contribution in [0.1, 0.15) is 5.56 Å². The van der Waals surface area contributed by atoms with Crippen LogP contribution >= 0.6 is 0 Å². The minimum Gasteiger partial charge on any atom is -0.322 e. The third-order valence-corrected chi connectivity index (χ3v) is 2.76. The van der Waals surface area contributed by atoms with Crippen LogP contribution in [0, 0.1) is 17.0 Å². The summed E-state index contributed by atoms with van der Waals surface area (Å²) in [4.78, 5) is 20.8. The van der Waals surface area contributed by atoms with Crippen molar-refractivity contribution in [2.45, 2.75) is 24.9 Å². The Bertz CT molecular complexity index is 625. The molecule has 1 amide bonds. The molecule has 0 unspecified atom stereocenters. The van der Waals surface area contributed by atoms with E-state index in [0.29, 0.717) is 6.07 Å². The molecule has 0 spiro atoms. The lowest BCUT2D eigenvalue weighted by Gasteiger charge is -2.28. The van der Waals surface area contributed by atoms with Gasteiger partial charge in [0.1, 0.15) is 0 Å². The van der Waals surface area contributed by atoms with Gasteiger partial charge in [-0.2, -0.15) is 26.3 Å². The van der Waals surface area contributed by atoms with Crippen LogP contribution in [0.4, 0.5) is 42.1 Å². The molecule has 0 aliphatic heterocycles. The first-order valence-electron chi connectivity index (χ1n) is 5.60. The van der Waals surface area contributed by atoms with E-state index in [-0.39, 0.29) is 5.56 Å². The monoisotopic (exact) mass is 348 g/mol. The normalized spacial score (nSPS) is 12.9. The van der Waals surface area contributed by atoms with E-state index in [9.17, 15) is 45.6 Å². The second kappa shape index (κ2) is 5.66. The largest absolute Gasteiger partial charge is 0.441 e. The standard InChI is InChI=1S/C11H7F7N2O3/c1-5-4-6(20(22)23)2-3-7(5)19-8(21)9(12,10(13,14)15)11(16,17)18/h2-4H,1H3,(H,19,21). The number of nitro benzene ring substituents is 1. The van der Waals surface area contributed by atoms with Crippen LogP contribution in [0.3, 0.4) is 0 Å². The minimum absolute atomic E-state index is 0.223. The summed E-state index contributed by atoms with van der Waals surface area (Å²) in [6, 6.07) is 2.21. The van der Waals surface area contributed by atoms with Crippen molar-refractivity contribution in [3.8, 4) is 0 Å². The van der Waals surface area contributed by atoms with Crippen molar-refractivity contribution in [3.63, 3.8) is 0 Å². The smallest absolute Gasteiger partial charge is 0.322 e. The van der Waals surface area contributed by atoms with Crippen molar-refractivity contribution in [1.29, 1.82) is 0 Å². The zero-order chi connectivity index (χ0) is 18.2. The van der Waals surface area contributed by atoms with Crippen LogP contribution in [0.2, 0.25) is 0 Å². The summed E-state index contributed by atoms with van der Waals surface area (Å²) < 4.78 is 87.7. The number of carbonyl (C=O) groups is 1. The maximum absolute atomic E-state index is 13.5. The molecule has 0 heterocycles. The molecule has 0 aromatic heterocycles. The van der Waals surface area contributed by atoms with Crippen molar-refractivity contribution in [2.24, 2.45) is 0 Å². The predicted molar refractivity (Wildman–Crippen MR) is 62.4 cm³/mol. The SMILES string of the molecule is Cc1cc([N+](=O)[O-])ccc1NC(=O)C(F)(C(F)(F)F)C(F)(F)F. The molecule has 1 rings (SSSR count). The second-order valence-corrected chi connectivity index (χ2v) is 4.36. The number of halogens is 7. The predicted octanol–water partition coefficient (Wildman–Crippen LogP) is 3.67. The second-order valence-electron chi connectivity index (χ2n) is 4.36. The van der Waals surface area contributed by atoms with Crippen molar-refractivity contribution >= 4 is 17.3 Å². The molecule has 1 aromatic carbocycles. The highest BCUT2D eigenvalue weighted by Crippen LogP contribution is 2.46. The summed E-state index contributed by atoms with van der Waals surface area (Å²) in [7, 11) is 0. The number of amides is 1. The topological polar surface area (TPSA) is 72.2 Å². The van der Waals surface area contributed by atoms with Gasteiger partial charge in [0, 0.05) is 17.8 Å². The molecule has 5 nitrogen and oxygen atoms in total. The number of nitrogens with zero attached hydrogens (tertiary/aromatic N) is 1. The van der Waals surface area contributed by atoms with Gasteiger partial charge in [0.2, 0.25) is 0 Å². The van der Waals surface area contributed by atoms with Gasteiger partial charge in [-0.05, 0) is 18.6 Å². The highest BCUT2D eigenvalue weighted by Gasteiger charge is 2.77. The average Bonchev–Trinajstić information content (AvgIpc) is 2.36. The molecule has 0 fully saturated rings. The molecular formula is C11H7F7N2O3. The van der Waals surface area contributed by atoms with Gasteiger partial charge >= 0.3 is 18.0 Å². The van der Waals surface area contributed by atoms with Crippen LogP contribution in [0.5, 0.6) is 0 Å². The van der Waals surface area contributed by atoms with Gasteiger partial charge in [0.05, 0.1) is 4.92 Å². The van der Waals surface area contributed by atoms with E-state index in [1.165, 1.54) is 0 Å². The van der Waals surface area contributed by atoms with Gasteiger partial charge in [-0.25, -0.2) is 4.39 Å². The van der Waals surface area contributed by atoms with Gasteiger partial charge in [-0.15, -0.1) is 0 Å². The molecule has 12 heteroatoms. The summed E-state index contributed by atoms with van der Waals surface area (Å²) in [5, 5.41) is 11.6. The van der Waals surface area contributed by atoms with Crippen LogP contribution in [0.15, 0.2) is 18.2 Å². The third-order valence-electron chi connectivity index (χ3n) is 2.76. The van der Waals surface area contributed by atoms with Gasteiger partial charge in [-0.1, -0.05) is 0 Å². The first-order chi connectivity index (χ1) is 10.2. The fraction of sp³-hybridized carbons (Fsp3) is 0.364. The first-order valence-corrected chi connectivity index (χ1v) is 5.60. The van der Waals surface area contributed by atoms with Crippen LogP contribution < -0.4 is 5.32 Å².